The van der Waals surface area contributed by atoms with Crippen LogP contribution < -0.4 is 0 Å². The van der Waals surface area contributed by atoms with Crippen molar-refractivity contribution in [1.82, 2.24) is 0 Å². The summed E-state index contributed by atoms with van der Waals surface area (Å²) < 4.78 is 0. The highest BCUT2D eigenvalue weighted by molar-refractivity contribution is 5.87. The van der Waals surface area contributed by atoms with Gasteiger partial charge in [0.1, 0.15) is 17.3 Å². The van der Waals surface area contributed by atoms with Crippen molar-refractivity contribution in [2.24, 2.45) is 40.4 Å². The van der Waals surface area contributed by atoms with E-state index in [1.165, 1.54) is 0 Å². The Hall–Kier alpha value is -0.990. The molecule has 7 atom stereocenters. The van der Waals surface area contributed by atoms with Crippen molar-refractivity contribution in [3.8, 4) is 0 Å². The molecular weight excluding hydrogens is 300 g/mol. The molecule has 4 aliphatic carbocycles. The number of Topliss-reactive ketones (excluding diaryl/α,β-unsaturated/α-hetero) is 3. The predicted molar refractivity (Wildman–Crippen MR) is 91.3 cm³/mol. The fourth-order valence-corrected chi connectivity index (χ4v) is 7.53. The zero-order valence-electron chi connectivity index (χ0n) is 15.3. The van der Waals surface area contributed by atoms with E-state index < -0.39 is 0 Å². The lowest BCUT2D eigenvalue weighted by Crippen LogP contribution is -2.57. The molecule has 0 saturated heterocycles. The van der Waals surface area contributed by atoms with Crippen molar-refractivity contribution in [2.45, 2.75) is 72.1 Å². The smallest absolute Gasteiger partial charge is 0.137 e. The zero-order chi connectivity index (χ0) is 17.3. The first-order valence-electron chi connectivity index (χ1n) is 9.82. The van der Waals surface area contributed by atoms with Gasteiger partial charge >= 0.3 is 0 Å². The van der Waals surface area contributed by atoms with Crippen LogP contribution in [0.15, 0.2) is 0 Å². The highest BCUT2D eigenvalue weighted by Crippen LogP contribution is 2.66. The average molecular weight is 330 g/mol. The Balaban J connectivity index is 1.69. The molecule has 0 heterocycles. The lowest BCUT2D eigenvalue weighted by molar-refractivity contribution is -0.161. The van der Waals surface area contributed by atoms with Gasteiger partial charge in [0.25, 0.3) is 0 Å². The van der Waals surface area contributed by atoms with Gasteiger partial charge in [0, 0.05) is 31.1 Å². The maximum Gasteiger partial charge on any atom is 0.137 e. The quantitative estimate of drug-likeness (QED) is 0.730. The Labute approximate surface area is 144 Å². The summed E-state index contributed by atoms with van der Waals surface area (Å²) in [4.78, 5) is 37.4. The van der Waals surface area contributed by atoms with Gasteiger partial charge < -0.3 is 0 Å². The minimum atomic E-state index is -0.113. The Morgan fingerprint density at radius 1 is 1.04 bits per heavy atom. The molecule has 0 aromatic carbocycles. The standard InChI is InChI=1S/C21H30O3/c1-12(22)16-6-7-17-15-5-4-13-10-14(23)8-9-20(13,2)19(15)18(24)11-21(16,17)3/h13,15-17,19H,4-11H2,1-3H3. The van der Waals surface area contributed by atoms with Crippen LogP contribution in [0.25, 0.3) is 0 Å². The molecule has 0 bridgehead atoms. The van der Waals surface area contributed by atoms with Crippen LogP contribution >= 0.6 is 0 Å². The van der Waals surface area contributed by atoms with Gasteiger partial charge in [-0.3, -0.25) is 14.4 Å². The SMILES string of the molecule is CC(=O)C1CCC2C3CCC4CC(=O)CCC4(C)C3C(=O)CC12C. The van der Waals surface area contributed by atoms with E-state index in [1.54, 1.807) is 6.92 Å². The number of ketones is 3. The molecule has 3 heteroatoms. The molecule has 0 amide bonds. The van der Waals surface area contributed by atoms with Crippen LogP contribution in [0.1, 0.15) is 72.1 Å². The minimum Gasteiger partial charge on any atom is -0.300 e. The Kier molecular flexibility index (Phi) is 3.61. The summed E-state index contributed by atoms with van der Waals surface area (Å²) in [6.45, 7) is 6.21. The van der Waals surface area contributed by atoms with Gasteiger partial charge in [0.2, 0.25) is 0 Å². The van der Waals surface area contributed by atoms with Gasteiger partial charge in [-0.1, -0.05) is 13.8 Å². The summed E-state index contributed by atoms with van der Waals surface area (Å²) in [7, 11) is 0. The molecule has 0 aromatic heterocycles. The van der Waals surface area contributed by atoms with Crippen LogP contribution in [0.5, 0.6) is 0 Å². The Bertz CT molecular complexity index is 608. The molecule has 0 aromatic rings. The maximum atomic E-state index is 13.3. The second kappa shape index (κ2) is 5.25. The molecular formula is C21H30O3. The number of carbonyl (C=O) groups is 3. The summed E-state index contributed by atoms with van der Waals surface area (Å²) in [5.41, 5.74) is -0.0959. The number of rotatable bonds is 1. The largest absolute Gasteiger partial charge is 0.300 e. The molecule has 0 spiro atoms. The van der Waals surface area contributed by atoms with Crippen LogP contribution in [-0.2, 0) is 14.4 Å². The zero-order valence-corrected chi connectivity index (χ0v) is 15.3. The summed E-state index contributed by atoms with van der Waals surface area (Å²) in [5, 5.41) is 0. The maximum absolute atomic E-state index is 13.3. The molecule has 7 unspecified atom stereocenters. The predicted octanol–water partition coefficient (Wildman–Crippen LogP) is 3.98. The van der Waals surface area contributed by atoms with E-state index in [4.69, 9.17) is 0 Å². The van der Waals surface area contributed by atoms with E-state index in [2.05, 4.69) is 13.8 Å². The van der Waals surface area contributed by atoms with E-state index in [0.29, 0.717) is 48.6 Å². The van der Waals surface area contributed by atoms with E-state index in [9.17, 15) is 14.4 Å². The first kappa shape index (κ1) is 16.5. The Morgan fingerprint density at radius 2 is 1.79 bits per heavy atom. The fourth-order valence-electron chi connectivity index (χ4n) is 7.53. The van der Waals surface area contributed by atoms with Gasteiger partial charge in [0.05, 0.1) is 0 Å². The number of hydrogen-bond donors (Lipinski definition) is 0. The molecule has 24 heavy (non-hydrogen) atoms. The van der Waals surface area contributed by atoms with Crippen LogP contribution in [0.2, 0.25) is 0 Å². The molecule has 4 rings (SSSR count). The van der Waals surface area contributed by atoms with Crippen LogP contribution in [0.3, 0.4) is 0 Å². The first-order valence-corrected chi connectivity index (χ1v) is 9.82. The van der Waals surface area contributed by atoms with Crippen molar-refractivity contribution in [3.63, 3.8) is 0 Å². The van der Waals surface area contributed by atoms with Crippen LogP contribution in [-0.4, -0.2) is 17.3 Å². The van der Waals surface area contributed by atoms with Gasteiger partial charge in [0.15, 0.2) is 0 Å². The monoisotopic (exact) mass is 330 g/mol. The summed E-state index contributed by atoms with van der Waals surface area (Å²) in [6.07, 6.45) is 7.05. The summed E-state index contributed by atoms with van der Waals surface area (Å²) in [6, 6.07) is 0. The highest BCUT2D eigenvalue weighted by atomic mass is 16.1. The second-order valence-electron chi connectivity index (χ2n) is 9.66. The third kappa shape index (κ3) is 2.05. The third-order valence-electron chi connectivity index (χ3n) is 8.66. The van der Waals surface area contributed by atoms with Crippen molar-refractivity contribution in [1.29, 1.82) is 0 Å². The molecule has 0 radical (unpaired) electrons. The fraction of sp³-hybridized carbons (Fsp3) is 0.857. The van der Waals surface area contributed by atoms with Gasteiger partial charge in [-0.15, -0.1) is 0 Å². The first-order chi connectivity index (χ1) is 11.3. The lowest BCUT2D eigenvalue weighted by atomic mass is 9.44. The lowest BCUT2D eigenvalue weighted by Gasteiger charge is -2.59. The minimum absolute atomic E-state index is 0.0174. The molecule has 0 N–H and O–H groups in total. The summed E-state index contributed by atoms with van der Waals surface area (Å²) >= 11 is 0. The Morgan fingerprint density at radius 3 is 2.50 bits per heavy atom. The van der Waals surface area contributed by atoms with E-state index in [0.717, 1.165) is 32.1 Å². The van der Waals surface area contributed by atoms with E-state index >= 15 is 0 Å². The summed E-state index contributed by atoms with van der Waals surface area (Å²) in [5.74, 6) is 2.63. The average Bonchev–Trinajstić information content (AvgIpc) is 2.84. The molecule has 4 fully saturated rings. The van der Waals surface area contributed by atoms with Gasteiger partial charge in [-0.05, 0) is 67.6 Å². The van der Waals surface area contributed by atoms with Crippen molar-refractivity contribution in [3.05, 3.63) is 0 Å². The molecule has 132 valence electrons. The number of fused-ring (bicyclic) bond motifs is 5. The van der Waals surface area contributed by atoms with Gasteiger partial charge in [-0.25, -0.2) is 0 Å². The topological polar surface area (TPSA) is 51.2 Å². The van der Waals surface area contributed by atoms with Crippen molar-refractivity contribution < 1.29 is 14.4 Å². The third-order valence-corrected chi connectivity index (χ3v) is 8.66. The number of hydrogen-bond acceptors (Lipinski definition) is 3. The van der Waals surface area contributed by atoms with Gasteiger partial charge in [-0.2, -0.15) is 0 Å². The van der Waals surface area contributed by atoms with Crippen LogP contribution in [0, 0.1) is 40.4 Å². The molecule has 0 aliphatic heterocycles. The highest BCUT2D eigenvalue weighted by Gasteiger charge is 2.63. The second-order valence-corrected chi connectivity index (χ2v) is 9.66. The normalized spacial score (nSPS) is 50.9. The van der Waals surface area contributed by atoms with Crippen LogP contribution in [0.4, 0.5) is 0 Å². The van der Waals surface area contributed by atoms with Crippen molar-refractivity contribution >= 4 is 17.3 Å². The molecule has 4 saturated carbocycles. The molecule has 3 nitrogen and oxygen atoms in total. The van der Waals surface area contributed by atoms with E-state index in [-0.39, 0.29) is 28.4 Å². The number of carbonyl (C=O) groups excluding carboxylic acids is 3. The van der Waals surface area contributed by atoms with E-state index in [1.807, 2.05) is 0 Å². The van der Waals surface area contributed by atoms with Crippen molar-refractivity contribution in [2.75, 3.05) is 0 Å². The molecule has 4 aliphatic rings.